The Kier molecular flexibility index (Phi) is 6.14. The molecule has 112 valence electrons. The van der Waals surface area contributed by atoms with Gasteiger partial charge in [0, 0.05) is 6.54 Å². The molecular formula is C16H24ClNO2. The zero-order valence-corrected chi connectivity index (χ0v) is 12.8. The number of benzene rings is 1. The Hall–Kier alpha value is -0.770. The molecule has 3 atom stereocenters. The third kappa shape index (κ3) is 4.97. The van der Waals surface area contributed by atoms with Crippen LogP contribution in [-0.4, -0.2) is 30.5 Å². The molecule has 1 saturated carbocycles. The number of hydrogen-bond acceptors (Lipinski definition) is 3. The van der Waals surface area contributed by atoms with Gasteiger partial charge < -0.3 is 15.2 Å². The van der Waals surface area contributed by atoms with Crippen LogP contribution in [0.2, 0.25) is 5.02 Å². The highest BCUT2D eigenvalue weighted by Crippen LogP contribution is 2.25. The first kappa shape index (κ1) is 15.6. The number of ether oxygens (including phenoxy) is 1. The molecule has 0 saturated heterocycles. The molecule has 3 nitrogen and oxygen atoms in total. The van der Waals surface area contributed by atoms with Gasteiger partial charge in [0.2, 0.25) is 0 Å². The summed E-state index contributed by atoms with van der Waals surface area (Å²) >= 11 is 6.05. The van der Waals surface area contributed by atoms with E-state index in [1.165, 1.54) is 12.8 Å². The Morgan fingerprint density at radius 1 is 1.40 bits per heavy atom. The van der Waals surface area contributed by atoms with Gasteiger partial charge in [-0.3, -0.25) is 0 Å². The van der Waals surface area contributed by atoms with Crippen LogP contribution in [0.4, 0.5) is 5.69 Å². The first-order valence-corrected chi connectivity index (χ1v) is 7.81. The summed E-state index contributed by atoms with van der Waals surface area (Å²) in [7, 11) is 0. The van der Waals surface area contributed by atoms with Crippen LogP contribution in [-0.2, 0) is 4.74 Å². The van der Waals surface area contributed by atoms with Gasteiger partial charge in [-0.15, -0.1) is 0 Å². The lowest BCUT2D eigenvalue weighted by atomic mass is 9.89. The average Bonchev–Trinajstić information content (AvgIpc) is 2.44. The number of para-hydroxylation sites is 1. The molecule has 0 aliphatic heterocycles. The minimum absolute atomic E-state index is 0.314. The fourth-order valence-corrected chi connectivity index (χ4v) is 2.87. The minimum atomic E-state index is -0.511. The highest BCUT2D eigenvalue weighted by atomic mass is 35.5. The Bertz CT molecular complexity index is 413. The van der Waals surface area contributed by atoms with Crippen molar-refractivity contribution in [2.24, 2.45) is 5.92 Å². The van der Waals surface area contributed by atoms with Crippen molar-refractivity contribution in [2.45, 2.75) is 44.8 Å². The molecule has 4 heteroatoms. The number of hydrogen-bond donors (Lipinski definition) is 2. The van der Waals surface area contributed by atoms with Crippen LogP contribution in [0.1, 0.15) is 32.6 Å². The number of aliphatic hydroxyl groups excluding tert-OH is 1. The maximum absolute atomic E-state index is 9.97. The van der Waals surface area contributed by atoms with E-state index in [0.29, 0.717) is 24.3 Å². The monoisotopic (exact) mass is 297 g/mol. The zero-order valence-electron chi connectivity index (χ0n) is 12.0. The number of rotatable bonds is 6. The second-order valence-corrected chi connectivity index (χ2v) is 6.15. The van der Waals surface area contributed by atoms with Gasteiger partial charge in [-0.25, -0.2) is 0 Å². The van der Waals surface area contributed by atoms with Gasteiger partial charge in [-0.1, -0.05) is 43.5 Å². The molecule has 1 aliphatic carbocycles. The lowest BCUT2D eigenvalue weighted by molar-refractivity contribution is -0.0274. The van der Waals surface area contributed by atoms with Gasteiger partial charge in [0.25, 0.3) is 0 Å². The molecule has 1 aliphatic rings. The molecule has 20 heavy (non-hydrogen) atoms. The van der Waals surface area contributed by atoms with Gasteiger partial charge in [-0.05, 0) is 30.9 Å². The molecular weight excluding hydrogens is 274 g/mol. The van der Waals surface area contributed by atoms with Crippen molar-refractivity contribution in [2.75, 3.05) is 18.5 Å². The second-order valence-electron chi connectivity index (χ2n) is 5.74. The molecule has 0 bridgehead atoms. The summed E-state index contributed by atoms with van der Waals surface area (Å²) in [6.45, 7) is 3.10. The fourth-order valence-electron chi connectivity index (χ4n) is 2.67. The van der Waals surface area contributed by atoms with Crippen molar-refractivity contribution in [3.63, 3.8) is 0 Å². The fraction of sp³-hybridized carbons (Fsp3) is 0.625. The standard InChI is InChI=1S/C16H24ClNO2/c1-12-5-4-6-14(9-12)20-11-13(19)10-18-16-8-3-2-7-15(16)17/h2-3,7-8,12-14,18-19H,4-6,9-11H2,1H3. The molecule has 0 spiro atoms. The molecule has 1 aromatic carbocycles. The Balaban J connectivity index is 1.68. The Morgan fingerprint density at radius 3 is 2.95 bits per heavy atom. The van der Waals surface area contributed by atoms with Gasteiger partial charge >= 0.3 is 0 Å². The van der Waals surface area contributed by atoms with E-state index in [4.69, 9.17) is 16.3 Å². The molecule has 2 N–H and O–H groups in total. The van der Waals surface area contributed by atoms with Crippen LogP contribution >= 0.6 is 11.6 Å². The SMILES string of the molecule is CC1CCCC(OCC(O)CNc2ccccc2Cl)C1. The van der Waals surface area contributed by atoms with E-state index in [0.717, 1.165) is 24.4 Å². The zero-order chi connectivity index (χ0) is 14.4. The van der Waals surface area contributed by atoms with Gasteiger partial charge in [0.15, 0.2) is 0 Å². The molecule has 0 aromatic heterocycles. The van der Waals surface area contributed by atoms with E-state index in [1.54, 1.807) is 0 Å². The first-order valence-electron chi connectivity index (χ1n) is 7.43. The highest BCUT2D eigenvalue weighted by molar-refractivity contribution is 6.33. The van der Waals surface area contributed by atoms with Gasteiger partial charge in [0.1, 0.15) is 0 Å². The summed E-state index contributed by atoms with van der Waals surface area (Å²) < 4.78 is 5.81. The highest BCUT2D eigenvalue weighted by Gasteiger charge is 2.20. The predicted octanol–water partition coefficient (Wildman–Crippen LogP) is 3.71. The van der Waals surface area contributed by atoms with Crippen LogP contribution < -0.4 is 5.32 Å². The van der Waals surface area contributed by atoms with E-state index in [-0.39, 0.29) is 0 Å². The van der Waals surface area contributed by atoms with E-state index >= 15 is 0 Å². The lowest BCUT2D eigenvalue weighted by Gasteiger charge is -2.27. The number of anilines is 1. The molecule has 0 heterocycles. The van der Waals surface area contributed by atoms with E-state index in [2.05, 4.69) is 12.2 Å². The number of nitrogens with one attached hydrogen (secondary N) is 1. The third-order valence-electron chi connectivity index (χ3n) is 3.81. The van der Waals surface area contributed by atoms with Crippen molar-refractivity contribution in [1.29, 1.82) is 0 Å². The summed E-state index contributed by atoms with van der Waals surface area (Å²) in [5.74, 6) is 0.743. The molecule has 1 fully saturated rings. The summed E-state index contributed by atoms with van der Waals surface area (Å²) in [5, 5.41) is 13.8. The van der Waals surface area contributed by atoms with Crippen LogP contribution in [0.5, 0.6) is 0 Å². The predicted molar refractivity (Wildman–Crippen MR) is 83.3 cm³/mol. The second kappa shape index (κ2) is 7.87. The molecule has 2 rings (SSSR count). The first-order chi connectivity index (χ1) is 9.65. The summed E-state index contributed by atoms with van der Waals surface area (Å²) in [6.07, 6.45) is 4.58. The van der Waals surface area contributed by atoms with Crippen molar-refractivity contribution in [3.8, 4) is 0 Å². The van der Waals surface area contributed by atoms with Crippen molar-refractivity contribution in [3.05, 3.63) is 29.3 Å². The third-order valence-corrected chi connectivity index (χ3v) is 4.14. The van der Waals surface area contributed by atoms with Crippen molar-refractivity contribution >= 4 is 17.3 Å². The molecule has 3 unspecified atom stereocenters. The van der Waals surface area contributed by atoms with Crippen LogP contribution in [0.3, 0.4) is 0 Å². The quantitative estimate of drug-likeness (QED) is 0.841. The van der Waals surface area contributed by atoms with Crippen LogP contribution in [0, 0.1) is 5.92 Å². The van der Waals surface area contributed by atoms with Gasteiger partial charge in [0.05, 0.1) is 29.5 Å². The average molecular weight is 298 g/mol. The molecule has 0 amide bonds. The largest absolute Gasteiger partial charge is 0.389 e. The normalized spacial score (nSPS) is 24.4. The lowest BCUT2D eigenvalue weighted by Crippen LogP contribution is -2.30. The van der Waals surface area contributed by atoms with Crippen molar-refractivity contribution < 1.29 is 9.84 Å². The maximum Gasteiger partial charge on any atom is 0.0945 e. The smallest absolute Gasteiger partial charge is 0.0945 e. The Labute approximate surface area is 126 Å². The van der Waals surface area contributed by atoms with Crippen LogP contribution in [0.15, 0.2) is 24.3 Å². The van der Waals surface area contributed by atoms with E-state index in [1.807, 2.05) is 24.3 Å². The summed E-state index contributed by atoms with van der Waals surface area (Å²) in [6, 6.07) is 7.53. The van der Waals surface area contributed by atoms with E-state index < -0.39 is 6.10 Å². The Morgan fingerprint density at radius 2 is 2.20 bits per heavy atom. The topological polar surface area (TPSA) is 41.5 Å². The molecule has 0 radical (unpaired) electrons. The van der Waals surface area contributed by atoms with Gasteiger partial charge in [-0.2, -0.15) is 0 Å². The minimum Gasteiger partial charge on any atom is -0.389 e. The maximum atomic E-state index is 9.97. The summed E-state index contributed by atoms with van der Waals surface area (Å²) in [4.78, 5) is 0. The molecule has 1 aromatic rings. The van der Waals surface area contributed by atoms with Crippen LogP contribution in [0.25, 0.3) is 0 Å². The summed E-state index contributed by atoms with van der Waals surface area (Å²) in [5.41, 5.74) is 0.847. The number of halogens is 1. The van der Waals surface area contributed by atoms with Crippen molar-refractivity contribution in [1.82, 2.24) is 0 Å². The number of aliphatic hydroxyl groups is 1. The van der Waals surface area contributed by atoms with E-state index in [9.17, 15) is 5.11 Å².